The minimum absolute atomic E-state index is 0. The molecule has 0 saturated carbocycles. The van der Waals surface area contributed by atoms with Crippen molar-refractivity contribution in [3.05, 3.63) is 0 Å². The largest absolute Gasteiger partial charge is 3.00 e. The van der Waals surface area contributed by atoms with Crippen molar-refractivity contribution in [2.75, 3.05) is 0 Å². The second-order valence-corrected chi connectivity index (χ2v) is 0. The van der Waals surface area contributed by atoms with E-state index in [0.717, 1.165) is 0 Å². The van der Waals surface area contributed by atoms with Crippen molar-refractivity contribution in [3.8, 4) is 0 Å². The van der Waals surface area contributed by atoms with Gasteiger partial charge in [0.05, 0.1) is 0 Å². The average Bonchev–Trinajstić information content (AvgIpc) is 0. The Morgan fingerprint density at radius 2 is 0.600 bits per heavy atom. The van der Waals surface area contributed by atoms with E-state index in [2.05, 4.69) is 0 Å². The van der Waals surface area contributed by atoms with Crippen molar-refractivity contribution in [2.45, 2.75) is 0 Å². The summed E-state index contributed by atoms with van der Waals surface area (Å²) in [6.45, 7) is 0. The van der Waals surface area contributed by atoms with Crippen LogP contribution >= 0.6 is 0 Å². The molecular weight excluding hydrogens is 443 g/mol. The van der Waals surface area contributed by atoms with Gasteiger partial charge in [-0.3, -0.25) is 0 Å². The summed E-state index contributed by atoms with van der Waals surface area (Å²) in [5.74, 6) is 0. The van der Waals surface area contributed by atoms with E-state index in [9.17, 15) is 0 Å². The summed E-state index contributed by atoms with van der Waals surface area (Å²) >= 11 is 0. The number of hydrogen-bond acceptors (Lipinski definition) is 0. The van der Waals surface area contributed by atoms with Crippen LogP contribution in [0.1, 0.15) is 0 Å². The third kappa shape index (κ3) is 22.3. The fourth-order valence-electron chi connectivity index (χ4n) is 0. The molecule has 5 heteroatoms. The van der Waals surface area contributed by atoms with Crippen LogP contribution < -0.4 is 0 Å². The van der Waals surface area contributed by atoms with Gasteiger partial charge in [-0.1, -0.05) is 0 Å². The average molecular weight is 443 g/mol. The topological polar surface area (TPSA) is 85.5 Å². The van der Waals surface area contributed by atoms with Gasteiger partial charge in [-0.15, -0.1) is 0 Å². The molecule has 0 aliphatic heterocycles. The molecule has 3 nitrogen and oxygen atoms in total. The molecule has 5 heavy (non-hydrogen) atoms. The molecule has 0 amide bonds. The zero-order valence-corrected chi connectivity index (χ0v) is 8.51. The van der Waals surface area contributed by atoms with Crippen LogP contribution in [0.15, 0.2) is 0 Å². The van der Waals surface area contributed by atoms with E-state index in [0.29, 0.717) is 0 Å². The Labute approximate surface area is 85.9 Å². The fourth-order valence-corrected chi connectivity index (χ4v) is 0. The predicted octanol–water partition coefficient (Wildman–Crippen LogP) is -0.356. The molecule has 0 heterocycles. The van der Waals surface area contributed by atoms with Gasteiger partial charge in [0.15, 0.2) is 0 Å². The van der Waals surface area contributed by atoms with Gasteiger partial charge in [-0.05, 0) is 0 Å². The summed E-state index contributed by atoms with van der Waals surface area (Å²) in [6, 6.07) is 0. The van der Waals surface area contributed by atoms with Crippen LogP contribution in [0.4, 0.5) is 0 Å². The molecule has 0 aromatic carbocycles. The van der Waals surface area contributed by atoms with Gasteiger partial charge in [-0.2, -0.15) is 0 Å². The van der Waals surface area contributed by atoms with Crippen LogP contribution in [0, 0.1) is 71.1 Å². The predicted molar refractivity (Wildman–Crippen MR) is 2.06 cm³/mol. The first kappa shape index (κ1) is 55.8. The molecule has 0 aromatic heterocycles. The number of rotatable bonds is 0. The summed E-state index contributed by atoms with van der Waals surface area (Å²) in [5.41, 5.74) is 0. The maximum absolute atomic E-state index is 0. The van der Waals surface area contributed by atoms with Crippen molar-refractivity contribution >= 4 is 0 Å². The molecule has 0 N–H and O–H groups in total. The third-order valence-corrected chi connectivity index (χ3v) is 0. The molecule has 0 saturated heterocycles. The molecule has 0 bridgehead atoms. The van der Waals surface area contributed by atoms with Gasteiger partial charge in [0.25, 0.3) is 0 Å². The van der Waals surface area contributed by atoms with Gasteiger partial charge in [0.1, 0.15) is 0 Å². The molecule has 0 unspecified atom stereocenters. The maximum atomic E-state index is 0. The molecular formula is GdO3U-3. The van der Waals surface area contributed by atoms with Crippen molar-refractivity contribution in [1.82, 2.24) is 0 Å². The molecule has 0 fully saturated rings. The van der Waals surface area contributed by atoms with Crippen LogP contribution in [0.2, 0.25) is 0 Å². The van der Waals surface area contributed by atoms with Crippen LogP contribution in [0.3, 0.4) is 0 Å². The van der Waals surface area contributed by atoms with Gasteiger partial charge >= 0.3 is 39.9 Å². The molecule has 0 rings (SSSR count). The van der Waals surface area contributed by atoms with E-state index in [1.165, 1.54) is 0 Å². The monoisotopic (exact) mass is 444 g/mol. The first-order chi connectivity index (χ1) is 0. The van der Waals surface area contributed by atoms with Crippen molar-refractivity contribution < 1.29 is 87.5 Å². The van der Waals surface area contributed by atoms with Gasteiger partial charge in [0.2, 0.25) is 0 Å². The smallest absolute Gasteiger partial charge is 2.00 e. The Hall–Kier alpha value is 2.26. The Bertz CT molecular complexity index is 6.85. The standard InChI is InChI=1S/Gd.3O.U/q+3;3*-2;. The Kier molecular flexibility index (Phi) is 379. The van der Waals surface area contributed by atoms with E-state index < -0.39 is 0 Å². The van der Waals surface area contributed by atoms with E-state index in [1.807, 2.05) is 0 Å². The summed E-state index contributed by atoms with van der Waals surface area (Å²) in [4.78, 5) is 0. The minimum Gasteiger partial charge on any atom is -2.00 e. The quantitative estimate of drug-likeness (QED) is 0.490. The Morgan fingerprint density at radius 1 is 0.600 bits per heavy atom. The molecule has 33 valence electrons. The van der Waals surface area contributed by atoms with Gasteiger partial charge in [0, 0.05) is 31.1 Å². The molecule has 0 aliphatic carbocycles. The third-order valence-electron chi connectivity index (χ3n) is 0. The Balaban J connectivity index is 0. The second-order valence-electron chi connectivity index (χ2n) is 0. The minimum atomic E-state index is 0. The zero-order chi connectivity index (χ0) is 0. The van der Waals surface area contributed by atoms with Crippen LogP contribution in [0.25, 0.3) is 0 Å². The van der Waals surface area contributed by atoms with Crippen molar-refractivity contribution in [3.63, 3.8) is 0 Å². The fraction of sp³-hybridized carbons (Fsp3) is 0. The summed E-state index contributed by atoms with van der Waals surface area (Å²) < 4.78 is 0. The van der Waals surface area contributed by atoms with Crippen LogP contribution in [0.5, 0.6) is 0 Å². The normalized spacial score (nSPS) is 0. The zero-order valence-electron chi connectivity index (χ0n) is 2.08. The van der Waals surface area contributed by atoms with Gasteiger partial charge < -0.3 is 16.4 Å². The van der Waals surface area contributed by atoms with Gasteiger partial charge in [-0.25, -0.2) is 0 Å². The number of hydrogen-bond donors (Lipinski definition) is 0. The molecule has 1 radical (unpaired) electrons. The Morgan fingerprint density at radius 3 is 0.600 bits per heavy atom. The summed E-state index contributed by atoms with van der Waals surface area (Å²) in [7, 11) is 0. The summed E-state index contributed by atoms with van der Waals surface area (Å²) in [5, 5.41) is 0. The van der Waals surface area contributed by atoms with Crippen molar-refractivity contribution in [2.24, 2.45) is 0 Å². The maximum Gasteiger partial charge on any atom is 3.00 e. The van der Waals surface area contributed by atoms with E-state index >= 15 is 0 Å². The second kappa shape index (κ2) is 33.9. The first-order valence-electron chi connectivity index (χ1n) is 0. The van der Waals surface area contributed by atoms with E-state index in [-0.39, 0.29) is 87.5 Å². The molecule has 0 atom stereocenters. The SMILES string of the molecule is [Gd+3].[O-2].[O-2].[O-2].[U]. The molecule has 0 aliphatic rings. The summed E-state index contributed by atoms with van der Waals surface area (Å²) in [6.07, 6.45) is 0. The van der Waals surface area contributed by atoms with Crippen LogP contribution in [-0.4, -0.2) is 0 Å². The molecule has 0 aromatic rings. The van der Waals surface area contributed by atoms with Crippen LogP contribution in [-0.2, 0) is 16.4 Å². The molecule has 0 spiro atoms. The van der Waals surface area contributed by atoms with E-state index in [1.54, 1.807) is 0 Å². The van der Waals surface area contributed by atoms with E-state index in [4.69, 9.17) is 0 Å². The van der Waals surface area contributed by atoms with Crippen molar-refractivity contribution in [1.29, 1.82) is 0 Å². The first-order valence-corrected chi connectivity index (χ1v) is 0.